The van der Waals surface area contributed by atoms with Crippen molar-refractivity contribution in [2.24, 2.45) is 11.8 Å². The summed E-state index contributed by atoms with van der Waals surface area (Å²) in [7, 11) is 2.96. The van der Waals surface area contributed by atoms with E-state index >= 15 is 0 Å². The Morgan fingerprint density at radius 2 is 1.42 bits per heavy atom. The summed E-state index contributed by atoms with van der Waals surface area (Å²) in [5.74, 6) is 0.164. The number of rotatable bonds is 10. The molecule has 0 amide bonds. The molecule has 0 aromatic heterocycles. The molecule has 1 saturated heterocycles. The zero-order chi connectivity index (χ0) is 26.6. The van der Waals surface area contributed by atoms with Crippen LogP contribution in [-0.2, 0) is 22.4 Å². The van der Waals surface area contributed by atoms with Crippen LogP contribution in [0.3, 0.4) is 0 Å². The van der Waals surface area contributed by atoms with Crippen LogP contribution >= 0.6 is 0 Å². The highest BCUT2D eigenvalue weighted by atomic mass is 16.7. The summed E-state index contributed by atoms with van der Waals surface area (Å²) in [6, 6.07) is 10.6. The van der Waals surface area contributed by atoms with Crippen molar-refractivity contribution in [3.05, 3.63) is 47.5 Å². The quantitative estimate of drug-likeness (QED) is 0.322. The number of phenolic OH excluding ortho intramolecular Hbond substituents is 1. The Morgan fingerprint density at radius 3 is 1.94 bits per heavy atom. The molecule has 7 atom stereocenters. The van der Waals surface area contributed by atoms with Gasteiger partial charge in [0.25, 0.3) is 0 Å². The number of benzene rings is 2. The molecule has 2 aromatic rings. The molecule has 3 rings (SSSR count). The minimum Gasteiger partial charge on any atom is -0.504 e. The number of aliphatic hydroxyl groups excluding tert-OH is 3. The lowest BCUT2D eigenvalue weighted by Gasteiger charge is -2.38. The van der Waals surface area contributed by atoms with E-state index in [0.29, 0.717) is 17.4 Å². The number of carboxylic acids is 1. The van der Waals surface area contributed by atoms with Crippen LogP contribution in [-0.4, -0.2) is 76.4 Å². The lowest BCUT2D eigenvalue weighted by molar-refractivity contribution is -0.271. The first-order valence-corrected chi connectivity index (χ1v) is 11.7. The van der Waals surface area contributed by atoms with Crippen molar-refractivity contribution in [1.82, 2.24) is 0 Å². The number of phenols is 1. The van der Waals surface area contributed by atoms with Crippen molar-refractivity contribution < 1.29 is 49.3 Å². The molecule has 7 unspecified atom stereocenters. The lowest BCUT2D eigenvalue weighted by Crippen LogP contribution is -2.61. The number of hydrogen-bond donors (Lipinski definition) is 5. The van der Waals surface area contributed by atoms with Gasteiger partial charge in [0.15, 0.2) is 29.1 Å². The first kappa shape index (κ1) is 27.5. The van der Waals surface area contributed by atoms with Gasteiger partial charge in [0, 0.05) is 0 Å². The molecular weight excluding hydrogens is 472 g/mol. The average molecular weight is 507 g/mol. The van der Waals surface area contributed by atoms with Gasteiger partial charge in [-0.25, -0.2) is 4.79 Å². The second-order valence-electron chi connectivity index (χ2n) is 9.21. The van der Waals surface area contributed by atoms with E-state index in [0.717, 1.165) is 24.0 Å². The summed E-state index contributed by atoms with van der Waals surface area (Å²) >= 11 is 0. The van der Waals surface area contributed by atoms with E-state index in [1.165, 1.54) is 14.2 Å². The van der Waals surface area contributed by atoms with Crippen molar-refractivity contribution in [2.45, 2.75) is 57.4 Å². The maximum absolute atomic E-state index is 11.3. The molecule has 10 heteroatoms. The van der Waals surface area contributed by atoms with E-state index in [1.54, 1.807) is 24.3 Å². The fraction of sp³-hybridized carbons (Fsp3) is 0.500. The van der Waals surface area contributed by atoms with E-state index in [4.69, 9.17) is 18.9 Å². The fourth-order valence-electron chi connectivity index (χ4n) is 4.22. The van der Waals surface area contributed by atoms with Crippen LogP contribution in [0.15, 0.2) is 36.4 Å². The average Bonchev–Trinajstić information content (AvgIpc) is 2.84. The molecule has 0 saturated carbocycles. The van der Waals surface area contributed by atoms with E-state index in [-0.39, 0.29) is 17.4 Å². The monoisotopic (exact) mass is 506 g/mol. The van der Waals surface area contributed by atoms with E-state index in [9.17, 15) is 30.3 Å². The number of carbonyl (C=O) groups is 1. The van der Waals surface area contributed by atoms with Crippen molar-refractivity contribution in [3.63, 3.8) is 0 Å². The van der Waals surface area contributed by atoms with Gasteiger partial charge in [-0.15, -0.1) is 0 Å². The number of hydrogen-bond acceptors (Lipinski definition) is 9. The maximum Gasteiger partial charge on any atom is 0.335 e. The van der Waals surface area contributed by atoms with Gasteiger partial charge in [0.2, 0.25) is 6.29 Å². The minimum atomic E-state index is -1.80. The summed E-state index contributed by atoms with van der Waals surface area (Å²) in [6.45, 7) is 4.27. The third-order valence-corrected chi connectivity index (χ3v) is 6.61. The Balaban J connectivity index is 1.67. The van der Waals surface area contributed by atoms with Crippen LogP contribution in [0.4, 0.5) is 0 Å². The third-order valence-electron chi connectivity index (χ3n) is 6.61. The Kier molecular flexibility index (Phi) is 9.02. The number of aliphatic hydroxyl groups is 3. The molecule has 1 aliphatic heterocycles. The van der Waals surface area contributed by atoms with Crippen LogP contribution in [0.5, 0.6) is 23.0 Å². The molecular formula is C26H34O10. The number of methoxy groups -OCH3 is 2. The highest BCUT2D eigenvalue weighted by Gasteiger charge is 2.48. The van der Waals surface area contributed by atoms with Crippen LogP contribution < -0.4 is 14.2 Å². The van der Waals surface area contributed by atoms with E-state index in [1.807, 2.05) is 12.1 Å². The Labute approximate surface area is 209 Å². The number of ether oxygens (including phenoxy) is 4. The highest BCUT2D eigenvalue weighted by molar-refractivity contribution is 5.73. The molecule has 10 nitrogen and oxygen atoms in total. The Bertz CT molecular complexity index is 1040. The second kappa shape index (κ2) is 11.8. The smallest absolute Gasteiger partial charge is 0.335 e. The first-order chi connectivity index (χ1) is 17.0. The standard InChI is InChI=1S/C26H34O10/c1-13(9-15-5-7-18(33-3)17(27)11-15)14(2)10-16-6-8-19(20(12-16)34-4)35-26-23(30)21(28)22(29)24(36-26)25(31)32/h5-8,11-14,21-24,26-30H,9-10H2,1-4H3,(H,31,32). The summed E-state index contributed by atoms with van der Waals surface area (Å²) in [5.41, 5.74) is 1.98. The van der Waals surface area contributed by atoms with Crippen molar-refractivity contribution in [3.8, 4) is 23.0 Å². The summed E-state index contributed by atoms with van der Waals surface area (Å²) in [5, 5.41) is 49.3. The van der Waals surface area contributed by atoms with Gasteiger partial charge in [-0.2, -0.15) is 0 Å². The predicted octanol–water partition coefficient (Wildman–Crippen LogP) is 1.74. The normalized spacial score (nSPS) is 25.6. The van der Waals surface area contributed by atoms with Gasteiger partial charge in [0.05, 0.1) is 14.2 Å². The number of carboxylic acid groups (broad SMARTS) is 1. The summed E-state index contributed by atoms with van der Waals surface area (Å²) < 4.78 is 21.4. The van der Waals surface area contributed by atoms with Gasteiger partial charge in [-0.1, -0.05) is 26.0 Å². The lowest BCUT2D eigenvalue weighted by atomic mass is 9.85. The number of aliphatic carboxylic acids is 1. The van der Waals surface area contributed by atoms with Gasteiger partial charge in [-0.3, -0.25) is 0 Å². The molecule has 0 spiro atoms. The molecule has 5 N–H and O–H groups in total. The van der Waals surface area contributed by atoms with Crippen molar-refractivity contribution >= 4 is 5.97 Å². The molecule has 1 fully saturated rings. The fourth-order valence-corrected chi connectivity index (χ4v) is 4.22. The molecule has 0 aliphatic carbocycles. The van der Waals surface area contributed by atoms with Crippen LogP contribution in [0, 0.1) is 11.8 Å². The van der Waals surface area contributed by atoms with E-state index < -0.39 is 36.7 Å². The second-order valence-corrected chi connectivity index (χ2v) is 9.21. The zero-order valence-electron chi connectivity index (χ0n) is 20.7. The Morgan fingerprint density at radius 1 is 0.861 bits per heavy atom. The SMILES string of the molecule is COc1ccc(CC(C)C(C)Cc2ccc(OC3OC(C(=O)O)C(O)C(O)C3O)c(OC)c2)cc1O. The van der Waals surface area contributed by atoms with Gasteiger partial charge in [-0.05, 0) is 60.1 Å². The molecule has 1 heterocycles. The molecule has 0 bridgehead atoms. The first-order valence-electron chi connectivity index (χ1n) is 11.7. The van der Waals surface area contributed by atoms with Crippen LogP contribution in [0.1, 0.15) is 25.0 Å². The molecule has 36 heavy (non-hydrogen) atoms. The Hall–Kier alpha value is -3.05. The van der Waals surface area contributed by atoms with Gasteiger partial charge >= 0.3 is 5.97 Å². The summed E-state index contributed by atoms with van der Waals surface area (Å²) in [4.78, 5) is 11.3. The van der Waals surface area contributed by atoms with Crippen molar-refractivity contribution in [1.29, 1.82) is 0 Å². The van der Waals surface area contributed by atoms with Crippen LogP contribution in [0.2, 0.25) is 0 Å². The van der Waals surface area contributed by atoms with Gasteiger partial charge < -0.3 is 44.5 Å². The molecule has 198 valence electrons. The maximum atomic E-state index is 11.3. The molecule has 0 radical (unpaired) electrons. The minimum absolute atomic E-state index is 0.110. The molecule has 2 aromatic carbocycles. The highest BCUT2D eigenvalue weighted by Crippen LogP contribution is 2.34. The van der Waals surface area contributed by atoms with Crippen LogP contribution in [0.25, 0.3) is 0 Å². The predicted molar refractivity (Wildman–Crippen MR) is 128 cm³/mol. The number of aromatic hydroxyl groups is 1. The van der Waals surface area contributed by atoms with E-state index in [2.05, 4.69) is 13.8 Å². The van der Waals surface area contributed by atoms with Crippen molar-refractivity contribution in [2.75, 3.05) is 14.2 Å². The summed E-state index contributed by atoms with van der Waals surface area (Å²) in [6.07, 6.45) is -7.01. The topological polar surface area (TPSA) is 155 Å². The molecule has 1 aliphatic rings. The van der Waals surface area contributed by atoms with Gasteiger partial charge in [0.1, 0.15) is 18.3 Å². The third kappa shape index (κ3) is 6.19. The largest absolute Gasteiger partial charge is 0.504 e. The zero-order valence-corrected chi connectivity index (χ0v) is 20.7.